The van der Waals surface area contributed by atoms with Crippen molar-refractivity contribution in [3.05, 3.63) is 12.2 Å². The molecular formula is C15H27N2O6+. The Morgan fingerprint density at radius 1 is 1.09 bits per heavy atom. The number of unbranched alkanes of at least 4 members (excludes halogenated alkanes) is 2. The third-order valence-electron chi connectivity index (χ3n) is 3.39. The van der Waals surface area contributed by atoms with Crippen molar-refractivity contribution in [3.8, 4) is 0 Å². The number of carboxylic acids is 2. The van der Waals surface area contributed by atoms with Crippen LogP contribution in [0.1, 0.15) is 26.2 Å². The molecule has 23 heavy (non-hydrogen) atoms. The fourth-order valence-electron chi connectivity index (χ4n) is 2.26. The number of aliphatic hydroxyl groups excluding tert-OH is 1. The average molecular weight is 331 g/mol. The molecule has 0 aliphatic rings. The lowest BCUT2D eigenvalue weighted by molar-refractivity contribution is -0.913. The Hall–Kier alpha value is -1.93. The number of hydrogen-bond donors (Lipinski definition) is 4. The van der Waals surface area contributed by atoms with Crippen LogP contribution < -0.4 is 5.32 Å². The number of hydrogen-bond acceptors (Lipinski definition) is 4. The van der Waals surface area contributed by atoms with Gasteiger partial charge in [0, 0.05) is 0 Å². The predicted octanol–water partition coefficient (Wildman–Crippen LogP) is -0.173. The van der Waals surface area contributed by atoms with Gasteiger partial charge in [-0.2, -0.15) is 0 Å². The molecule has 132 valence electrons. The standard InChI is InChI=1S/C15H26N2O6/c1-2-3-4-5-6-13(19)16-7-8-17(9-10-18,11-14(20)21)12-15(22)23/h5-6,18H,2-4,7-12H2,1H3,(H2-,16,19,20,21,22,23)/p+1/b6-5+. The zero-order chi connectivity index (χ0) is 17.7. The van der Waals surface area contributed by atoms with Crippen LogP contribution in [0.25, 0.3) is 0 Å². The molecule has 0 saturated carbocycles. The van der Waals surface area contributed by atoms with Gasteiger partial charge in [-0.1, -0.05) is 25.8 Å². The summed E-state index contributed by atoms with van der Waals surface area (Å²) in [6, 6.07) is 0. The number of aliphatic carboxylic acids is 2. The molecule has 0 radical (unpaired) electrons. The molecule has 0 unspecified atom stereocenters. The van der Waals surface area contributed by atoms with Gasteiger partial charge in [-0.05, 0) is 12.5 Å². The zero-order valence-electron chi connectivity index (χ0n) is 13.5. The molecule has 1 amide bonds. The largest absolute Gasteiger partial charge is 0.477 e. The second-order valence-electron chi connectivity index (χ2n) is 5.45. The van der Waals surface area contributed by atoms with Crippen molar-refractivity contribution in [2.45, 2.75) is 26.2 Å². The van der Waals surface area contributed by atoms with Crippen LogP contribution >= 0.6 is 0 Å². The van der Waals surface area contributed by atoms with E-state index >= 15 is 0 Å². The molecule has 0 aliphatic carbocycles. The summed E-state index contributed by atoms with van der Waals surface area (Å²) >= 11 is 0. The lowest BCUT2D eigenvalue weighted by Crippen LogP contribution is -2.58. The van der Waals surface area contributed by atoms with Gasteiger partial charge in [0.1, 0.15) is 6.54 Å². The SMILES string of the molecule is CCCC/C=C/C(=O)NCC[N+](CCO)(CC(=O)O)CC(=O)O. The number of nitrogens with zero attached hydrogens (tertiary/aromatic N) is 1. The van der Waals surface area contributed by atoms with Gasteiger partial charge in [0.2, 0.25) is 5.91 Å². The monoisotopic (exact) mass is 331 g/mol. The Bertz CT molecular complexity index is 406. The number of aliphatic hydroxyl groups is 1. The summed E-state index contributed by atoms with van der Waals surface area (Å²) in [5.74, 6) is -2.59. The summed E-state index contributed by atoms with van der Waals surface area (Å²) in [7, 11) is 0. The van der Waals surface area contributed by atoms with Gasteiger partial charge in [-0.25, -0.2) is 9.59 Å². The highest BCUT2D eigenvalue weighted by molar-refractivity contribution is 5.87. The first kappa shape index (κ1) is 21.1. The fraction of sp³-hybridized carbons (Fsp3) is 0.667. The first-order chi connectivity index (χ1) is 10.8. The predicted molar refractivity (Wildman–Crippen MR) is 83.8 cm³/mol. The molecule has 0 aromatic rings. The van der Waals surface area contributed by atoms with Gasteiger partial charge in [0.05, 0.1) is 19.7 Å². The van der Waals surface area contributed by atoms with Gasteiger partial charge in [-0.15, -0.1) is 0 Å². The number of carbonyl (C=O) groups is 3. The van der Waals surface area contributed by atoms with Gasteiger partial charge in [0.15, 0.2) is 13.1 Å². The number of carboxylic acid groups (broad SMARTS) is 2. The molecule has 0 aliphatic heterocycles. The van der Waals surface area contributed by atoms with Crippen LogP contribution in [0.2, 0.25) is 0 Å². The smallest absolute Gasteiger partial charge is 0.359 e. The summed E-state index contributed by atoms with van der Waals surface area (Å²) < 4.78 is -0.318. The summed E-state index contributed by atoms with van der Waals surface area (Å²) in [5, 5.41) is 29.7. The number of nitrogens with one attached hydrogen (secondary N) is 1. The Balaban J connectivity index is 4.58. The van der Waals surface area contributed by atoms with E-state index in [0.29, 0.717) is 0 Å². The van der Waals surface area contributed by atoms with E-state index in [1.54, 1.807) is 6.08 Å². The number of amides is 1. The van der Waals surface area contributed by atoms with Crippen LogP contribution in [0, 0.1) is 0 Å². The van der Waals surface area contributed by atoms with Crippen molar-refractivity contribution in [3.63, 3.8) is 0 Å². The average Bonchev–Trinajstić information content (AvgIpc) is 2.42. The summed E-state index contributed by atoms with van der Waals surface area (Å²) in [6.45, 7) is 1.14. The first-order valence-corrected chi connectivity index (χ1v) is 7.69. The molecule has 4 N–H and O–H groups in total. The molecule has 0 atom stereocenters. The molecular weight excluding hydrogens is 304 g/mol. The molecule has 0 aromatic heterocycles. The molecule has 0 heterocycles. The van der Waals surface area contributed by atoms with Crippen molar-refractivity contribution in [1.82, 2.24) is 5.32 Å². The Labute approximate surface area is 136 Å². The molecule has 0 saturated heterocycles. The minimum atomic E-state index is -1.15. The number of allylic oxidation sites excluding steroid dienone is 1. The van der Waals surface area contributed by atoms with Crippen LogP contribution in [-0.2, 0) is 14.4 Å². The number of quaternary nitrogens is 1. The summed E-state index contributed by atoms with van der Waals surface area (Å²) in [4.78, 5) is 33.6. The van der Waals surface area contributed by atoms with Crippen molar-refractivity contribution in [1.29, 1.82) is 0 Å². The second-order valence-corrected chi connectivity index (χ2v) is 5.45. The normalized spacial score (nSPS) is 11.6. The van der Waals surface area contributed by atoms with Crippen molar-refractivity contribution in [2.75, 3.05) is 39.3 Å². The van der Waals surface area contributed by atoms with E-state index < -0.39 is 25.0 Å². The summed E-state index contributed by atoms with van der Waals surface area (Å²) in [5.41, 5.74) is 0. The fourth-order valence-corrected chi connectivity index (χ4v) is 2.26. The molecule has 0 bridgehead atoms. The van der Waals surface area contributed by atoms with Crippen molar-refractivity contribution in [2.24, 2.45) is 0 Å². The Kier molecular flexibility index (Phi) is 10.6. The number of rotatable bonds is 13. The van der Waals surface area contributed by atoms with Crippen LogP contribution in [-0.4, -0.2) is 77.0 Å². The summed E-state index contributed by atoms with van der Waals surface area (Å²) in [6.07, 6.45) is 6.04. The Morgan fingerprint density at radius 3 is 2.17 bits per heavy atom. The highest BCUT2D eigenvalue weighted by atomic mass is 16.4. The minimum Gasteiger partial charge on any atom is -0.477 e. The van der Waals surface area contributed by atoms with E-state index in [-0.39, 0.29) is 36.6 Å². The lowest BCUT2D eigenvalue weighted by Gasteiger charge is -2.35. The highest BCUT2D eigenvalue weighted by Gasteiger charge is 2.32. The minimum absolute atomic E-state index is 0.000803. The highest BCUT2D eigenvalue weighted by Crippen LogP contribution is 2.06. The van der Waals surface area contributed by atoms with Crippen LogP contribution in [0.4, 0.5) is 0 Å². The molecule has 8 heteroatoms. The van der Waals surface area contributed by atoms with Gasteiger partial charge < -0.3 is 25.1 Å². The molecule has 0 aromatic carbocycles. The van der Waals surface area contributed by atoms with Gasteiger partial charge >= 0.3 is 11.9 Å². The third-order valence-corrected chi connectivity index (χ3v) is 3.39. The third kappa shape index (κ3) is 10.4. The maximum atomic E-state index is 11.6. The molecule has 8 nitrogen and oxygen atoms in total. The van der Waals surface area contributed by atoms with E-state index in [2.05, 4.69) is 12.2 Å². The van der Waals surface area contributed by atoms with Crippen LogP contribution in [0.3, 0.4) is 0 Å². The van der Waals surface area contributed by atoms with Crippen LogP contribution in [0.15, 0.2) is 12.2 Å². The maximum absolute atomic E-state index is 11.6. The van der Waals surface area contributed by atoms with Crippen molar-refractivity contribution >= 4 is 17.8 Å². The molecule has 0 fully saturated rings. The first-order valence-electron chi connectivity index (χ1n) is 7.69. The van der Waals surface area contributed by atoms with E-state index in [9.17, 15) is 14.4 Å². The topological polar surface area (TPSA) is 124 Å². The molecule has 0 rings (SSSR count). The van der Waals surface area contributed by atoms with Crippen molar-refractivity contribution < 1.29 is 34.2 Å². The van der Waals surface area contributed by atoms with Gasteiger partial charge in [0.25, 0.3) is 0 Å². The van der Waals surface area contributed by atoms with Gasteiger partial charge in [-0.3, -0.25) is 4.79 Å². The maximum Gasteiger partial charge on any atom is 0.359 e. The van der Waals surface area contributed by atoms with E-state index in [1.807, 2.05) is 0 Å². The molecule has 0 spiro atoms. The zero-order valence-corrected chi connectivity index (χ0v) is 13.5. The number of carbonyl (C=O) groups excluding carboxylic acids is 1. The van der Waals surface area contributed by atoms with E-state index in [4.69, 9.17) is 15.3 Å². The van der Waals surface area contributed by atoms with Crippen LogP contribution in [0.5, 0.6) is 0 Å². The quantitative estimate of drug-likeness (QED) is 0.211. The second kappa shape index (κ2) is 11.6. The van der Waals surface area contributed by atoms with E-state index in [0.717, 1.165) is 19.3 Å². The lowest BCUT2D eigenvalue weighted by atomic mass is 10.2. The van der Waals surface area contributed by atoms with E-state index in [1.165, 1.54) is 6.08 Å². The Morgan fingerprint density at radius 2 is 1.70 bits per heavy atom.